The van der Waals surface area contributed by atoms with Crippen molar-refractivity contribution in [3.05, 3.63) is 35.4 Å². The fraction of sp³-hybridized carbons (Fsp3) is 0.500. The van der Waals surface area contributed by atoms with Crippen LogP contribution >= 0.6 is 0 Å². The topological polar surface area (TPSA) is 26.3 Å². The number of carbonyl (C=O) groups excluding carboxylic acids is 1. The van der Waals surface area contributed by atoms with Gasteiger partial charge in [0.25, 0.3) is 0 Å². The van der Waals surface area contributed by atoms with Gasteiger partial charge < -0.3 is 4.74 Å². The van der Waals surface area contributed by atoms with Gasteiger partial charge in [-0.2, -0.15) is 0 Å². The van der Waals surface area contributed by atoms with Crippen LogP contribution in [-0.2, 0) is 9.53 Å². The lowest BCUT2D eigenvalue weighted by molar-refractivity contribution is -0.143. The first-order chi connectivity index (χ1) is 7.67. The Balaban J connectivity index is 2.67. The molecule has 0 aliphatic heterocycles. The molecule has 1 rings (SSSR count). The molecule has 1 aromatic carbocycles. The van der Waals surface area contributed by atoms with E-state index < -0.39 is 0 Å². The molecule has 0 saturated carbocycles. The van der Waals surface area contributed by atoms with Gasteiger partial charge in [0.05, 0.1) is 13.0 Å². The molecule has 16 heavy (non-hydrogen) atoms. The van der Waals surface area contributed by atoms with E-state index in [9.17, 15) is 4.79 Å². The van der Waals surface area contributed by atoms with E-state index in [0.29, 0.717) is 13.0 Å². The lowest BCUT2D eigenvalue weighted by Crippen LogP contribution is -2.10. The Morgan fingerprint density at radius 3 is 2.38 bits per heavy atom. The first-order valence-corrected chi connectivity index (χ1v) is 5.89. The van der Waals surface area contributed by atoms with Crippen molar-refractivity contribution in [3.8, 4) is 0 Å². The van der Waals surface area contributed by atoms with Crippen LogP contribution in [0.25, 0.3) is 0 Å². The van der Waals surface area contributed by atoms with E-state index in [1.807, 2.05) is 6.92 Å². The molecular weight excluding hydrogens is 200 g/mol. The predicted molar refractivity (Wildman–Crippen MR) is 65.5 cm³/mol. The molecule has 1 atom stereocenters. The molecule has 0 spiro atoms. The third-order valence-corrected chi connectivity index (χ3v) is 2.76. The van der Waals surface area contributed by atoms with Crippen LogP contribution in [-0.4, -0.2) is 12.6 Å². The van der Waals surface area contributed by atoms with Gasteiger partial charge in [0, 0.05) is 0 Å². The number of rotatable bonds is 5. The van der Waals surface area contributed by atoms with E-state index in [4.69, 9.17) is 4.74 Å². The second-order valence-electron chi connectivity index (χ2n) is 4.03. The summed E-state index contributed by atoms with van der Waals surface area (Å²) in [7, 11) is 0. The van der Waals surface area contributed by atoms with E-state index >= 15 is 0 Å². The van der Waals surface area contributed by atoms with Gasteiger partial charge in [-0.1, -0.05) is 36.8 Å². The molecule has 0 heterocycles. The van der Waals surface area contributed by atoms with Crippen molar-refractivity contribution in [2.75, 3.05) is 6.61 Å². The summed E-state index contributed by atoms with van der Waals surface area (Å²) in [5.74, 6) is 0.176. The minimum Gasteiger partial charge on any atom is -0.466 e. The monoisotopic (exact) mass is 220 g/mol. The van der Waals surface area contributed by atoms with Crippen molar-refractivity contribution < 1.29 is 9.53 Å². The van der Waals surface area contributed by atoms with E-state index in [1.54, 1.807) is 0 Å². The molecule has 1 unspecified atom stereocenters. The Hall–Kier alpha value is -1.31. The van der Waals surface area contributed by atoms with Crippen molar-refractivity contribution >= 4 is 5.97 Å². The third kappa shape index (κ3) is 3.69. The number of benzene rings is 1. The number of carbonyl (C=O) groups is 1. The van der Waals surface area contributed by atoms with Gasteiger partial charge in [-0.25, -0.2) is 0 Å². The second-order valence-corrected chi connectivity index (χ2v) is 4.03. The average Bonchev–Trinajstić information content (AvgIpc) is 2.27. The standard InChI is InChI=1S/C14H20O2/c1-4-12(10-14(15)16-5-2)13-8-6-11(3)7-9-13/h6-9,12H,4-5,10H2,1-3H3. The van der Waals surface area contributed by atoms with Gasteiger partial charge in [-0.15, -0.1) is 0 Å². The molecule has 0 fully saturated rings. The van der Waals surface area contributed by atoms with Gasteiger partial charge >= 0.3 is 5.97 Å². The SMILES string of the molecule is CCOC(=O)CC(CC)c1ccc(C)cc1. The van der Waals surface area contributed by atoms with Gasteiger partial charge in [-0.3, -0.25) is 4.79 Å². The van der Waals surface area contributed by atoms with Gasteiger partial charge in [-0.05, 0) is 31.7 Å². The van der Waals surface area contributed by atoms with Crippen LogP contribution in [0.2, 0.25) is 0 Å². The van der Waals surface area contributed by atoms with Gasteiger partial charge in [0.15, 0.2) is 0 Å². The predicted octanol–water partition coefficient (Wildman–Crippen LogP) is 3.44. The summed E-state index contributed by atoms with van der Waals surface area (Å²) < 4.78 is 4.98. The van der Waals surface area contributed by atoms with Crippen LogP contribution in [0.15, 0.2) is 24.3 Å². The highest BCUT2D eigenvalue weighted by molar-refractivity contribution is 5.70. The van der Waals surface area contributed by atoms with Crippen LogP contribution < -0.4 is 0 Å². The Kier molecular flexibility index (Phi) is 5.03. The average molecular weight is 220 g/mol. The number of ether oxygens (including phenoxy) is 1. The highest BCUT2D eigenvalue weighted by Crippen LogP contribution is 2.23. The molecule has 88 valence electrons. The minimum absolute atomic E-state index is 0.102. The lowest BCUT2D eigenvalue weighted by Gasteiger charge is -2.14. The van der Waals surface area contributed by atoms with Crippen LogP contribution in [0.5, 0.6) is 0 Å². The van der Waals surface area contributed by atoms with Crippen molar-refractivity contribution in [2.24, 2.45) is 0 Å². The maximum Gasteiger partial charge on any atom is 0.306 e. The zero-order valence-corrected chi connectivity index (χ0v) is 10.3. The second kappa shape index (κ2) is 6.31. The van der Waals surface area contributed by atoms with E-state index in [0.717, 1.165) is 6.42 Å². The van der Waals surface area contributed by atoms with E-state index in [1.165, 1.54) is 11.1 Å². The number of hydrogen-bond donors (Lipinski definition) is 0. The molecule has 0 aromatic heterocycles. The summed E-state index contributed by atoms with van der Waals surface area (Å²) in [5, 5.41) is 0. The van der Waals surface area contributed by atoms with Crippen molar-refractivity contribution in [1.82, 2.24) is 0 Å². The number of esters is 1. The smallest absolute Gasteiger partial charge is 0.306 e. The fourth-order valence-electron chi connectivity index (χ4n) is 1.76. The summed E-state index contributed by atoms with van der Waals surface area (Å²) in [5.41, 5.74) is 2.47. The summed E-state index contributed by atoms with van der Waals surface area (Å²) in [6.45, 7) is 6.47. The molecule has 0 aliphatic rings. The molecule has 2 heteroatoms. The molecular formula is C14H20O2. The molecule has 0 aliphatic carbocycles. The maximum absolute atomic E-state index is 11.4. The van der Waals surface area contributed by atoms with Crippen LogP contribution in [0, 0.1) is 6.92 Å². The molecule has 0 N–H and O–H groups in total. The molecule has 0 radical (unpaired) electrons. The van der Waals surface area contributed by atoms with Gasteiger partial charge in [0.2, 0.25) is 0 Å². The summed E-state index contributed by atoms with van der Waals surface area (Å²) in [4.78, 5) is 11.4. The highest BCUT2D eigenvalue weighted by atomic mass is 16.5. The number of hydrogen-bond acceptors (Lipinski definition) is 2. The maximum atomic E-state index is 11.4. The normalized spacial score (nSPS) is 12.2. The Morgan fingerprint density at radius 2 is 1.88 bits per heavy atom. The molecule has 2 nitrogen and oxygen atoms in total. The largest absolute Gasteiger partial charge is 0.466 e. The first-order valence-electron chi connectivity index (χ1n) is 5.89. The first kappa shape index (κ1) is 12.8. The van der Waals surface area contributed by atoms with Crippen molar-refractivity contribution in [2.45, 2.75) is 39.5 Å². The quantitative estimate of drug-likeness (QED) is 0.710. The fourth-order valence-corrected chi connectivity index (χ4v) is 1.76. The molecule has 0 amide bonds. The Morgan fingerprint density at radius 1 is 1.25 bits per heavy atom. The van der Waals surface area contributed by atoms with Crippen LogP contribution in [0.1, 0.15) is 43.7 Å². The van der Waals surface area contributed by atoms with E-state index in [-0.39, 0.29) is 11.9 Å². The summed E-state index contributed by atoms with van der Waals surface area (Å²) in [6.07, 6.45) is 1.44. The minimum atomic E-state index is -0.102. The summed E-state index contributed by atoms with van der Waals surface area (Å²) >= 11 is 0. The van der Waals surface area contributed by atoms with Crippen molar-refractivity contribution in [1.29, 1.82) is 0 Å². The van der Waals surface area contributed by atoms with E-state index in [2.05, 4.69) is 38.1 Å². The highest BCUT2D eigenvalue weighted by Gasteiger charge is 2.14. The number of aryl methyl sites for hydroxylation is 1. The van der Waals surface area contributed by atoms with Crippen LogP contribution in [0.4, 0.5) is 0 Å². The molecule has 0 saturated heterocycles. The third-order valence-electron chi connectivity index (χ3n) is 2.76. The van der Waals surface area contributed by atoms with Crippen molar-refractivity contribution in [3.63, 3.8) is 0 Å². The zero-order valence-electron chi connectivity index (χ0n) is 10.3. The summed E-state index contributed by atoms with van der Waals surface area (Å²) in [6, 6.07) is 8.37. The lowest BCUT2D eigenvalue weighted by atomic mass is 9.93. The molecule has 1 aromatic rings. The Labute approximate surface area is 97.6 Å². The Bertz CT molecular complexity index is 327. The van der Waals surface area contributed by atoms with Gasteiger partial charge in [0.1, 0.15) is 0 Å². The molecule has 0 bridgehead atoms. The zero-order chi connectivity index (χ0) is 12.0. The van der Waals surface area contributed by atoms with Crippen LogP contribution in [0.3, 0.4) is 0 Å².